The highest BCUT2D eigenvalue weighted by Gasteiger charge is 2.21. The number of rotatable bonds is 6. The summed E-state index contributed by atoms with van der Waals surface area (Å²) in [6.45, 7) is 10.5. The van der Waals surface area contributed by atoms with Gasteiger partial charge in [-0.15, -0.1) is 24.0 Å². The molecular formula is C20H33IN6O. The summed E-state index contributed by atoms with van der Waals surface area (Å²) in [5.74, 6) is 1.69. The van der Waals surface area contributed by atoms with Crippen molar-refractivity contribution in [3.05, 3.63) is 36.0 Å². The fourth-order valence-electron chi connectivity index (χ4n) is 2.83. The number of anilines is 1. The number of halogens is 1. The number of amides is 1. The normalized spacial score (nSPS) is 14.9. The summed E-state index contributed by atoms with van der Waals surface area (Å²) in [6.07, 6.45) is 1.98. The van der Waals surface area contributed by atoms with E-state index < -0.39 is 0 Å². The molecule has 1 fully saturated rings. The summed E-state index contributed by atoms with van der Waals surface area (Å²) >= 11 is 0. The molecule has 0 saturated carbocycles. The van der Waals surface area contributed by atoms with Gasteiger partial charge in [-0.25, -0.2) is 9.98 Å². The fourth-order valence-corrected chi connectivity index (χ4v) is 2.83. The van der Waals surface area contributed by atoms with Crippen LogP contribution in [0.3, 0.4) is 0 Å². The molecule has 1 amide bonds. The molecule has 1 aromatic rings. The quantitative estimate of drug-likeness (QED) is 0.271. The van der Waals surface area contributed by atoms with Crippen molar-refractivity contribution in [2.24, 2.45) is 4.99 Å². The van der Waals surface area contributed by atoms with Gasteiger partial charge >= 0.3 is 0 Å². The minimum Gasteiger partial charge on any atom is -0.356 e. The Morgan fingerprint density at radius 2 is 2.04 bits per heavy atom. The van der Waals surface area contributed by atoms with Crippen molar-refractivity contribution in [1.29, 1.82) is 0 Å². The Balaban J connectivity index is 0.00000392. The molecule has 2 N–H and O–H groups in total. The zero-order chi connectivity index (χ0) is 19.8. The van der Waals surface area contributed by atoms with Crippen molar-refractivity contribution < 1.29 is 4.79 Å². The first kappa shape index (κ1) is 24.2. The van der Waals surface area contributed by atoms with Crippen molar-refractivity contribution in [3.8, 4) is 0 Å². The van der Waals surface area contributed by atoms with E-state index in [2.05, 4.69) is 44.2 Å². The minimum atomic E-state index is -0.0215. The van der Waals surface area contributed by atoms with Crippen LogP contribution in [0.4, 0.5) is 5.82 Å². The third kappa shape index (κ3) is 8.04. The van der Waals surface area contributed by atoms with Gasteiger partial charge in [-0.1, -0.05) is 18.2 Å². The molecule has 28 heavy (non-hydrogen) atoms. The van der Waals surface area contributed by atoms with Gasteiger partial charge in [0.2, 0.25) is 5.91 Å². The van der Waals surface area contributed by atoms with Crippen LogP contribution in [-0.4, -0.2) is 68.1 Å². The Hall–Kier alpha value is -1.84. The Bertz CT molecular complexity index is 683. The van der Waals surface area contributed by atoms with Gasteiger partial charge in [-0.2, -0.15) is 0 Å². The van der Waals surface area contributed by atoms with Gasteiger partial charge in [-0.05, 0) is 38.8 Å². The second-order valence-corrected chi connectivity index (χ2v) is 7.31. The lowest BCUT2D eigenvalue weighted by Gasteiger charge is -2.34. The Morgan fingerprint density at radius 3 is 2.61 bits per heavy atom. The van der Waals surface area contributed by atoms with Crippen LogP contribution in [0.15, 0.2) is 35.3 Å². The standard InChI is InChI=1S/C20H32N6O.HI/c1-15(2)13-21-20(22-14-19(27)25(4)5)24-17-9-11-26(12-10-17)18-8-6-7-16(3)23-18;/h6-8,17H,1,9-14H2,2-5H3,(H2,21,22,24);1H. The maximum absolute atomic E-state index is 11.8. The van der Waals surface area contributed by atoms with Gasteiger partial charge in [0.15, 0.2) is 5.96 Å². The van der Waals surface area contributed by atoms with Crippen LogP contribution in [0.5, 0.6) is 0 Å². The van der Waals surface area contributed by atoms with Crippen molar-refractivity contribution in [2.45, 2.75) is 32.7 Å². The highest BCUT2D eigenvalue weighted by atomic mass is 127. The predicted molar refractivity (Wildman–Crippen MR) is 127 cm³/mol. The molecule has 8 heteroatoms. The highest BCUT2D eigenvalue weighted by Crippen LogP contribution is 2.18. The lowest BCUT2D eigenvalue weighted by atomic mass is 10.1. The van der Waals surface area contributed by atoms with Crippen LogP contribution in [0.25, 0.3) is 0 Å². The number of nitrogens with zero attached hydrogens (tertiary/aromatic N) is 4. The van der Waals surface area contributed by atoms with Crippen molar-refractivity contribution in [1.82, 2.24) is 20.5 Å². The second kappa shape index (κ2) is 11.9. The SMILES string of the molecule is C=C(C)CNC(=NCC(=O)N(C)C)NC1CCN(c2cccc(C)n2)CC1.I. The summed E-state index contributed by atoms with van der Waals surface area (Å²) in [7, 11) is 3.47. The fraction of sp³-hybridized carbons (Fsp3) is 0.550. The summed E-state index contributed by atoms with van der Waals surface area (Å²) in [6, 6.07) is 6.45. The first-order valence-corrected chi connectivity index (χ1v) is 9.43. The third-order valence-corrected chi connectivity index (χ3v) is 4.46. The molecule has 0 aliphatic carbocycles. The molecule has 0 spiro atoms. The van der Waals surface area contributed by atoms with Crippen LogP contribution in [0.2, 0.25) is 0 Å². The smallest absolute Gasteiger partial charge is 0.243 e. The van der Waals surface area contributed by atoms with E-state index in [4.69, 9.17) is 0 Å². The lowest BCUT2D eigenvalue weighted by molar-refractivity contribution is -0.127. The number of carbonyl (C=O) groups excluding carboxylic acids is 1. The van der Waals surface area contributed by atoms with Crippen LogP contribution < -0.4 is 15.5 Å². The molecule has 156 valence electrons. The number of pyridine rings is 1. The Labute approximate surface area is 185 Å². The molecule has 0 bridgehead atoms. The molecule has 7 nitrogen and oxygen atoms in total. The van der Waals surface area contributed by atoms with E-state index in [1.54, 1.807) is 19.0 Å². The molecule has 0 unspecified atom stereocenters. The van der Waals surface area contributed by atoms with E-state index in [0.717, 1.165) is 43.0 Å². The van der Waals surface area contributed by atoms with Gasteiger partial charge in [0.05, 0.1) is 0 Å². The van der Waals surface area contributed by atoms with Crippen LogP contribution in [0, 0.1) is 6.92 Å². The number of hydrogen-bond donors (Lipinski definition) is 2. The van der Waals surface area contributed by atoms with E-state index in [0.29, 0.717) is 18.5 Å². The average molecular weight is 500 g/mol. The van der Waals surface area contributed by atoms with Crippen LogP contribution in [-0.2, 0) is 4.79 Å². The van der Waals surface area contributed by atoms with E-state index in [1.807, 2.05) is 19.9 Å². The zero-order valence-corrected chi connectivity index (χ0v) is 19.7. The topological polar surface area (TPSA) is 72.9 Å². The maximum Gasteiger partial charge on any atom is 0.243 e. The van der Waals surface area contributed by atoms with Crippen molar-refractivity contribution in [3.63, 3.8) is 0 Å². The number of likely N-dealkylation sites (N-methyl/N-ethyl adjacent to an activating group) is 1. The van der Waals surface area contributed by atoms with E-state index in [-0.39, 0.29) is 36.4 Å². The van der Waals surface area contributed by atoms with Gasteiger partial charge < -0.3 is 20.4 Å². The number of piperidine rings is 1. The van der Waals surface area contributed by atoms with Gasteiger partial charge in [-0.3, -0.25) is 4.79 Å². The molecule has 2 heterocycles. The molecule has 2 rings (SSSR count). The minimum absolute atomic E-state index is 0. The number of hydrogen-bond acceptors (Lipinski definition) is 4. The third-order valence-electron chi connectivity index (χ3n) is 4.46. The van der Waals surface area contributed by atoms with Crippen molar-refractivity contribution in [2.75, 3.05) is 45.2 Å². The first-order valence-electron chi connectivity index (χ1n) is 9.43. The molecule has 0 radical (unpaired) electrons. The summed E-state index contributed by atoms with van der Waals surface area (Å²) < 4.78 is 0. The number of aryl methyl sites for hydroxylation is 1. The molecule has 1 saturated heterocycles. The predicted octanol–water partition coefficient (Wildman–Crippen LogP) is 2.18. The van der Waals surface area contributed by atoms with Crippen LogP contribution >= 0.6 is 24.0 Å². The highest BCUT2D eigenvalue weighted by molar-refractivity contribution is 14.0. The largest absolute Gasteiger partial charge is 0.356 e. The number of nitrogens with one attached hydrogen (secondary N) is 2. The molecule has 0 aromatic carbocycles. The van der Waals surface area contributed by atoms with Gasteiger partial charge in [0.25, 0.3) is 0 Å². The van der Waals surface area contributed by atoms with Crippen molar-refractivity contribution >= 4 is 41.7 Å². The molecule has 1 aliphatic rings. The summed E-state index contributed by atoms with van der Waals surface area (Å²) in [5, 5.41) is 6.72. The first-order chi connectivity index (χ1) is 12.8. The average Bonchev–Trinajstić information content (AvgIpc) is 2.64. The van der Waals surface area contributed by atoms with Crippen LogP contribution in [0.1, 0.15) is 25.5 Å². The van der Waals surface area contributed by atoms with E-state index in [1.165, 1.54) is 0 Å². The van der Waals surface area contributed by atoms with Gasteiger partial charge in [0.1, 0.15) is 12.4 Å². The van der Waals surface area contributed by atoms with E-state index in [9.17, 15) is 4.79 Å². The van der Waals surface area contributed by atoms with E-state index >= 15 is 0 Å². The molecule has 1 aromatic heterocycles. The number of guanidine groups is 1. The number of carbonyl (C=O) groups is 1. The molecule has 1 aliphatic heterocycles. The number of aliphatic imine (C=N–C) groups is 1. The lowest BCUT2D eigenvalue weighted by Crippen LogP contribution is -2.49. The zero-order valence-electron chi connectivity index (χ0n) is 17.4. The Kier molecular flexibility index (Phi) is 10.3. The summed E-state index contributed by atoms with van der Waals surface area (Å²) in [4.78, 5) is 24.8. The number of aromatic nitrogens is 1. The Morgan fingerprint density at radius 1 is 1.36 bits per heavy atom. The second-order valence-electron chi connectivity index (χ2n) is 7.31. The summed E-state index contributed by atoms with van der Waals surface area (Å²) in [5.41, 5.74) is 2.06. The molecule has 0 atom stereocenters. The maximum atomic E-state index is 11.8. The van der Waals surface area contributed by atoms with Gasteiger partial charge in [0, 0.05) is 45.5 Å². The monoisotopic (exact) mass is 500 g/mol. The molecular weight excluding hydrogens is 467 g/mol.